The van der Waals surface area contributed by atoms with E-state index in [0.717, 1.165) is 12.3 Å². The minimum atomic E-state index is -5.03. The van der Waals surface area contributed by atoms with Gasteiger partial charge in [0.15, 0.2) is 0 Å². The molecule has 0 radical (unpaired) electrons. The van der Waals surface area contributed by atoms with Crippen LogP contribution >= 0.6 is 0 Å². The third kappa shape index (κ3) is 2.46. The first-order valence-corrected chi connectivity index (χ1v) is 7.26. The standard InChI is InChI=1S/C16H8F4N4O2/c17-7-1-3-9-10(5-7)22-14(25)12-11-4-2-8(6-24(11)23-13(9)12)21-15(26)16(18,19)20/h1-6H,(H,21,26)(H,22,25). The molecule has 1 aromatic carbocycles. The zero-order valence-corrected chi connectivity index (χ0v) is 12.7. The zero-order chi connectivity index (χ0) is 18.6. The molecule has 132 valence electrons. The Bertz CT molecular complexity index is 1260. The van der Waals surface area contributed by atoms with Crippen molar-refractivity contribution >= 4 is 38.9 Å². The van der Waals surface area contributed by atoms with Crippen LogP contribution in [-0.2, 0) is 4.79 Å². The minimum Gasteiger partial charge on any atom is -0.321 e. The first-order valence-electron chi connectivity index (χ1n) is 7.26. The lowest BCUT2D eigenvalue weighted by Crippen LogP contribution is -2.30. The molecule has 0 atom stereocenters. The van der Waals surface area contributed by atoms with Crippen LogP contribution in [0.25, 0.3) is 27.3 Å². The second kappa shape index (κ2) is 5.28. The average molecular weight is 364 g/mol. The maximum atomic E-state index is 13.4. The van der Waals surface area contributed by atoms with Gasteiger partial charge in [-0.1, -0.05) is 0 Å². The Morgan fingerprint density at radius 3 is 2.69 bits per heavy atom. The van der Waals surface area contributed by atoms with Crippen molar-refractivity contribution in [2.24, 2.45) is 0 Å². The van der Waals surface area contributed by atoms with Gasteiger partial charge in [0.05, 0.1) is 28.3 Å². The normalized spacial score (nSPS) is 12.2. The van der Waals surface area contributed by atoms with E-state index in [1.54, 1.807) is 5.32 Å². The highest BCUT2D eigenvalue weighted by molar-refractivity contribution is 6.08. The molecular formula is C16H8F4N4O2. The van der Waals surface area contributed by atoms with Crippen molar-refractivity contribution in [3.8, 4) is 0 Å². The minimum absolute atomic E-state index is 0.139. The number of carbonyl (C=O) groups excluding carboxylic acids is 1. The zero-order valence-electron chi connectivity index (χ0n) is 12.7. The molecule has 6 nitrogen and oxygen atoms in total. The summed E-state index contributed by atoms with van der Waals surface area (Å²) in [7, 11) is 0. The van der Waals surface area contributed by atoms with E-state index in [2.05, 4.69) is 10.1 Å². The van der Waals surface area contributed by atoms with Crippen molar-refractivity contribution in [1.82, 2.24) is 14.6 Å². The monoisotopic (exact) mass is 364 g/mol. The van der Waals surface area contributed by atoms with E-state index < -0.39 is 23.5 Å². The van der Waals surface area contributed by atoms with Gasteiger partial charge in [-0.05, 0) is 30.3 Å². The highest BCUT2D eigenvalue weighted by atomic mass is 19.4. The van der Waals surface area contributed by atoms with Gasteiger partial charge >= 0.3 is 12.1 Å². The number of H-pyrrole nitrogens is 1. The topological polar surface area (TPSA) is 79.3 Å². The molecule has 26 heavy (non-hydrogen) atoms. The summed E-state index contributed by atoms with van der Waals surface area (Å²) in [6.45, 7) is 0. The number of rotatable bonds is 1. The number of aromatic nitrogens is 3. The number of nitrogens with zero attached hydrogens (tertiary/aromatic N) is 2. The number of carbonyl (C=O) groups is 1. The molecule has 1 amide bonds. The van der Waals surface area contributed by atoms with Gasteiger partial charge in [0, 0.05) is 5.39 Å². The van der Waals surface area contributed by atoms with Crippen LogP contribution in [0.4, 0.5) is 23.2 Å². The number of nitrogens with one attached hydrogen (secondary N) is 2. The first kappa shape index (κ1) is 16.1. The number of hydrogen-bond acceptors (Lipinski definition) is 3. The highest BCUT2D eigenvalue weighted by Gasteiger charge is 2.38. The summed E-state index contributed by atoms with van der Waals surface area (Å²) < 4.78 is 51.6. The van der Waals surface area contributed by atoms with Gasteiger partial charge in [-0.3, -0.25) is 9.59 Å². The highest BCUT2D eigenvalue weighted by Crippen LogP contribution is 2.25. The van der Waals surface area contributed by atoms with Crippen LogP contribution in [0.5, 0.6) is 0 Å². The average Bonchev–Trinajstić information content (AvgIpc) is 2.93. The second-order valence-electron chi connectivity index (χ2n) is 5.57. The summed E-state index contributed by atoms with van der Waals surface area (Å²) in [5, 5.41) is 6.61. The van der Waals surface area contributed by atoms with E-state index in [1.165, 1.54) is 28.8 Å². The Labute approximate surface area is 141 Å². The SMILES string of the molecule is O=C(Nc1ccc2c3c(=O)[nH]c4cc(F)ccc4c3nn2c1)C(F)(F)F. The molecule has 0 saturated heterocycles. The van der Waals surface area contributed by atoms with Gasteiger partial charge in [-0.25, -0.2) is 8.91 Å². The maximum absolute atomic E-state index is 13.4. The number of anilines is 1. The van der Waals surface area contributed by atoms with Crippen molar-refractivity contribution in [1.29, 1.82) is 0 Å². The number of halogens is 4. The molecule has 2 N–H and O–H groups in total. The largest absolute Gasteiger partial charge is 0.471 e. The summed E-state index contributed by atoms with van der Waals surface area (Å²) in [4.78, 5) is 25.9. The fraction of sp³-hybridized carbons (Fsp3) is 0.0625. The van der Waals surface area contributed by atoms with Gasteiger partial charge in [0.25, 0.3) is 5.56 Å². The molecule has 3 heterocycles. The lowest BCUT2D eigenvalue weighted by Gasteiger charge is -2.07. The van der Waals surface area contributed by atoms with Crippen LogP contribution in [0.15, 0.2) is 41.3 Å². The van der Waals surface area contributed by atoms with E-state index in [4.69, 9.17) is 0 Å². The molecule has 0 aliphatic rings. The van der Waals surface area contributed by atoms with Crippen molar-refractivity contribution in [3.63, 3.8) is 0 Å². The van der Waals surface area contributed by atoms with E-state index in [0.29, 0.717) is 10.9 Å². The molecule has 3 aromatic heterocycles. The Morgan fingerprint density at radius 2 is 1.96 bits per heavy atom. The van der Waals surface area contributed by atoms with Gasteiger partial charge in [0.2, 0.25) is 0 Å². The van der Waals surface area contributed by atoms with Crippen LogP contribution in [0, 0.1) is 5.82 Å². The Hall–Kier alpha value is -3.43. The number of fused-ring (bicyclic) bond motifs is 5. The van der Waals surface area contributed by atoms with E-state index >= 15 is 0 Å². The second-order valence-corrected chi connectivity index (χ2v) is 5.57. The molecule has 0 aliphatic heterocycles. The molecular weight excluding hydrogens is 356 g/mol. The van der Waals surface area contributed by atoms with Crippen LogP contribution in [-0.4, -0.2) is 26.7 Å². The summed E-state index contributed by atoms with van der Waals surface area (Å²) >= 11 is 0. The maximum Gasteiger partial charge on any atom is 0.471 e. The fourth-order valence-corrected chi connectivity index (χ4v) is 2.75. The molecule has 0 saturated carbocycles. The predicted octanol–water partition coefficient (Wildman–Crippen LogP) is 2.97. The molecule has 0 spiro atoms. The van der Waals surface area contributed by atoms with Crippen LogP contribution in [0.3, 0.4) is 0 Å². The predicted molar refractivity (Wildman–Crippen MR) is 85.5 cm³/mol. The number of hydrogen-bond donors (Lipinski definition) is 2. The quantitative estimate of drug-likeness (QED) is 0.510. The molecule has 0 unspecified atom stereocenters. The molecule has 4 rings (SSSR count). The lowest BCUT2D eigenvalue weighted by atomic mass is 10.1. The third-order valence-electron chi connectivity index (χ3n) is 3.86. The van der Waals surface area contributed by atoms with Gasteiger partial charge < -0.3 is 10.3 Å². The fourth-order valence-electron chi connectivity index (χ4n) is 2.75. The number of aromatic amines is 1. The molecule has 0 fully saturated rings. The Balaban J connectivity index is 1.94. The smallest absolute Gasteiger partial charge is 0.321 e. The van der Waals surface area contributed by atoms with E-state index in [9.17, 15) is 27.2 Å². The Kier molecular flexibility index (Phi) is 3.26. The number of benzene rings is 1. The number of pyridine rings is 2. The summed E-state index contributed by atoms with van der Waals surface area (Å²) in [5.41, 5.74) is 0.191. The molecule has 10 heteroatoms. The third-order valence-corrected chi connectivity index (χ3v) is 3.86. The summed E-state index contributed by atoms with van der Waals surface area (Å²) in [5.74, 6) is -2.65. The van der Waals surface area contributed by atoms with E-state index in [-0.39, 0.29) is 22.1 Å². The van der Waals surface area contributed by atoms with Crippen LogP contribution in [0.2, 0.25) is 0 Å². The van der Waals surface area contributed by atoms with Crippen molar-refractivity contribution in [2.75, 3.05) is 5.32 Å². The summed E-state index contributed by atoms with van der Waals surface area (Å²) in [6.07, 6.45) is -3.87. The van der Waals surface area contributed by atoms with Crippen molar-refractivity contribution < 1.29 is 22.4 Å². The van der Waals surface area contributed by atoms with Gasteiger partial charge in [0.1, 0.15) is 11.3 Å². The summed E-state index contributed by atoms with van der Waals surface area (Å²) in [6, 6.07) is 6.40. The van der Waals surface area contributed by atoms with Gasteiger partial charge in [-0.2, -0.15) is 18.3 Å². The van der Waals surface area contributed by atoms with Crippen LogP contribution in [0.1, 0.15) is 0 Å². The molecule has 0 aliphatic carbocycles. The Morgan fingerprint density at radius 1 is 1.19 bits per heavy atom. The van der Waals surface area contributed by atoms with Crippen molar-refractivity contribution in [3.05, 3.63) is 52.7 Å². The number of amides is 1. The number of alkyl halides is 3. The van der Waals surface area contributed by atoms with Crippen LogP contribution < -0.4 is 10.9 Å². The molecule has 4 aromatic rings. The van der Waals surface area contributed by atoms with E-state index in [1.807, 2.05) is 0 Å². The van der Waals surface area contributed by atoms with Crippen molar-refractivity contribution in [2.45, 2.75) is 6.18 Å². The molecule has 0 bridgehead atoms. The van der Waals surface area contributed by atoms with Gasteiger partial charge in [-0.15, -0.1) is 0 Å². The first-order chi connectivity index (χ1) is 12.2. The lowest BCUT2D eigenvalue weighted by molar-refractivity contribution is -0.167.